The maximum Gasteiger partial charge on any atom is 0.338 e. The molecule has 0 saturated carbocycles. The van der Waals surface area contributed by atoms with Gasteiger partial charge in [0.2, 0.25) is 6.79 Å². The molecular formula is C27H19N3O7S2. The lowest BCUT2D eigenvalue weighted by molar-refractivity contribution is -0.385. The first kappa shape index (κ1) is 24.8. The van der Waals surface area contributed by atoms with Gasteiger partial charge in [-0.1, -0.05) is 47.7 Å². The fourth-order valence-electron chi connectivity index (χ4n) is 4.52. The predicted molar refractivity (Wildman–Crippen MR) is 145 cm³/mol. The van der Waals surface area contributed by atoms with Gasteiger partial charge in [-0.2, -0.15) is 0 Å². The number of carbonyl (C=O) groups excluding carboxylic acids is 1. The summed E-state index contributed by atoms with van der Waals surface area (Å²) in [6.45, 7) is 1.83. The standard InChI is InChI=1S/C27H19N3O7S2/c1-2-35-26(32)22-23(15-7-4-3-5-8-15)28-27-29(24(22)20-9-6-10-38-20)25(31)21(39-27)12-16-11-18-19(37-14-36-18)13-17(16)30(33)34/h3-13,24H,2,14H2,1H3. The van der Waals surface area contributed by atoms with E-state index in [2.05, 4.69) is 0 Å². The summed E-state index contributed by atoms with van der Waals surface area (Å²) in [7, 11) is 0. The molecule has 0 fully saturated rings. The maximum absolute atomic E-state index is 13.9. The highest BCUT2D eigenvalue weighted by atomic mass is 32.1. The lowest BCUT2D eigenvalue weighted by Gasteiger charge is -2.24. The van der Waals surface area contributed by atoms with Crippen molar-refractivity contribution in [1.29, 1.82) is 0 Å². The summed E-state index contributed by atoms with van der Waals surface area (Å²) in [6.07, 6.45) is 1.45. The summed E-state index contributed by atoms with van der Waals surface area (Å²) < 4.78 is 17.8. The highest BCUT2D eigenvalue weighted by Crippen LogP contribution is 2.39. The molecule has 0 bridgehead atoms. The smallest absolute Gasteiger partial charge is 0.338 e. The van der Waals surface area contributed by atoms with Crippen LogP contribution in [-0.4, -0.2) is 28.9 Å². The second-order valence-electron chi connectivity index (χ2n) is 8.47. The molecule has 2 aromatic heterocycles. The van der Waals surface area contributed by atoms with Crippen molar-refractivity contribution in [3.63, 3.8) is 0 Å². The number of ether oxygens (including phenoxy) is 3. The number of carbonyl (C=O) groups is 1. The zero-order valence-electron chi connectivity index (χ0n) is 20.4. The third kappa shape index (κ3) is 4.33. The van der Waals surface area contributed by atoms with Crippen molar-refractivity contribution in [1.82, 2.24) is 4.57 Å². The number of nitro benzene ring substituents is 1. The maximum atomic E-state index is 13.9. The zero-order chi connectivity index (χ0) is 27.1. The minimum atomic E-state index is -0.788. The highest BCUT2D eigenvalue weighted by Gasteiger charge is 2.36. The fourth-order valence-corrected chi connectivity index (χ4v) is 6.33. The number of thiazole rings is 1. The van der Waals surface area contributed by atoms with E-state index in [-0.39, 0.29) is 40.5 Å². The van der Waals surface area contributed by atoms with Gasteiger partial charge in [0.25, 0.3) is 11.2 Å². The Bertz CT molecular complexity index is 1820. The SMILES string of the molecule is CCOC(=O)C1=C(c2ccccc2)N=c2sc(=Cc3cc4c(cc3[N+](=O)[O-])OCO4)c(=O)n2C1c1cccs1. The Morgan fingerprint density at radius 1 is 1.21 bits per heavy atom. The number of nitrogens with zero attached hydrogens (tertiary/aromatic N) is 3. The summed E-state index contributed by atoms with van der Waals surface area (Å²) in [5.41, 5.74) is 0.893. The van der Waals surface area contributed by atoms with Gasteiger partial charge in [0.1, 0.15) is 6.04 Å². The molecule has 0 N–H and O–H groups in total. The van der Waals surface area contributed by atoms with Gasteiger partial charge >= 0.3 is 5.97 Å². The van der Waals surface area contributed by atoms with Gasteiger partial charge in [0.05, 0.1) is 39.0 Å². The van der Waals surface area contributed by atoms with Crippen molar-refractivity contribution in [2.45, 2.75) is 13.0 Å². The number of hydrogen-bond acceptors (Lipinski definition) is 10. The van der Waals surface area contributed by atoms with Crippen molar-refractivity contribution in [2.24, 2.45) is 4.99 Å². The lowest BCUT2D eigenvalue weighted by atomic mass is 9.97. The molecule has 4 aromatic rings. The van der Waals surface area contributed by atoms with E-state index < -0.39 is 22.5 Å². The Morgan fingerprint density at radius 3 is 2.67 bits per heavy atom. The number of hydrogen-bond donors (Lipinski definition) is 0. The van der Waals surface area contributed by atoms with Crippen LogP contribution >= 0.6 is 22.7 Å². The fraction of sp³-hybridized carbons (Fsp3) is 0.148. The number of benzene rings is 2. The molecular weight excluding hydrogens is 542 g/mol. The van der Waals surface area contributed by atoms with Crippen LogP contribution in [0.25, 0.3) is 11.8 Å². The minimum Gasteiger partial charge on any atom is -0.463 e. The molecule has 1 atom stereocenters. The van der Waals surface area contributed by atoms with Crippen molar-refractivity contribution in [3.8, 4) is 11.5 Å². The summed E-state index contributed by atoms with van der Waals surface area (Å²) in [5, 5.41) is 13.7. The monoisotopic (exact) mass is 561 g/mol. The number of nitro groups is 1. The summed E-state index contributed by atoms with van der Waals surface area (Å²) in [6, 6.07) is 14.9. The average molecular weight is 562 g/mol. The van der Waals surface area contributed by atoms with Crippen LogP contribution in [-0.2, 0) is 9.53 Å². The molecule has 0 aliphatic carbocycles. The summed E-state index contributed by atoms with van der Waals surface area (Å²) >= 11 is 2.49. The van der Waals surface area contributed by atoms with Crippen molar-refractivity contribution >= 4 is 46.1 Å². The first-order chi connectivity index (χ1) is 19.0. The Labute approximate surface area is 228 Å². The molecule has 0 amide bonds. The lowest BCUT2D eigenvalue weighted by Crippen LogP contribution is -2.39. The molecule has 2 aromatic carbocycles. The van der Waals surface area contributed by atoms with Gasteiger partial charge in [0.15, 0.2) is 16.3 Å². The highest BCUT2D eigenvalue weighted by molar-refractivity contribution is 7.10. The van der Waals surface area contributed by atoms with Crippen LogP contribution in [0.1, 0.15) is 29.0 Å². The number of thiophene rings is 1. The molecule has 2 aliphatic rings. The molecule has 39 heavy (non-hydrogen) atoms. The second-order valence-corrected chi connectivity index (χ2v) is 10.5. The Balaban J connectivity index is 1.63. The van der Waals surface area contributed by atoms with Crippen molar-refractivity contribution in [3.05, 3.63) is 111 Å². The average Bonchev–Trinajstić information content (AvgIpc) is 3.69. The van der Waals surface area contributed by atoms with E-state index in [0.29, 0.717) is 21.8 Å². The second kappa shape index (κ2) is 9.97. The van der Waals surface area contributed by atoms with E-state index in [9.17, 15) is 19.7 Å². The van der Waals surface area contributed by atoms with E-state index in [1.807, 2.05) is 47.8 Å². The third-order valence-corrected chi connectivity index (χ3v) is 8.10. The van der Waals surface area contributed by atoms with Gasteiger partial charge in [0, 0.05) is 10.4 Å². The molecule has 0 saturated heterocycles. The van der Waals surface area contributed by atoms with E-state index in [1.54, 1.807) is 6.92 Å². The Kier molecular flexibility index (Phi) is 6.33. The molecule has 12 heteroatoms. The van der Waals surface area contributed by atoms with Gasteiger partial charge < -0.3 is 14.2 Å². The van der Waals surface area contributed by atoms with E-state index in [1.165, 1.54) is 34.1 Å². The van der Waals surface area contributed by atoms with Crippen LogP contribution < -0.4 is 24.4 Å². The van der Waals surface area contributed by atoms with Crippen molar-refractivity contribution < 1.29 is 23.9 Å². The van der Waals surface area contributed by atoms with Gasteiger partial charge in [-0.3, -0.25) is 19.5 Å². The molecule has 196 valence electrons. The van der Waals surface area contributed by atoms with Crippen LogP contribution in [0.5, 0.6) is 11.5 Å². The molecule has 0 spiro atoms. The zero-order valence-corrected chi connectivity index (χ0v) is 22.0. The molecule has 10 nitrogen and oxygen atoms in total. The molecule has 0 radical (unpaired) electrons. The molecule has 6 rings (SSSR count). The number of esters is 1. The molecule has 2 aliphatic heterocycles. The van der Waals surface area contributed by atoms with Gasteiger partial charge in [-0.25, -0.2) is 9.79 Å². The topological polar surface area (TPSA) is 122 Å². The van der Waals surface area contributed by atoms with Crippen LogP contribution in [0.2, 0.25) is 0 Å². The predicted octanol–water partition coefficient (Wildman–Crippen LogP) is 3.63. The van der Waals surface area contributed by atoms with Crippen LogP contribution in [0.15, 0.2) is 75.3 Å². The van der Waals surface area contributed by atoms with E-state index >= 15 is 0 Å². The third-order valence-electron chi connectivity index (χ3n) is 6.19. The van der Waals surface area contributed by atoms with Crippen LogP contribution in [0.3, 0.4) is 0 Å². The van der Waals surface area contributed by atoms with Crippen LogP contribution in [0, 0.1) is 10.1 Å². The van der Waals surface area contributed by atoms with Gasteiger partial charge in [-0.05, 0) is 30.5 Å². The first-order valence-corrected chi connectivity index (χ1v) is 13.6. The largest absolute Gasteiger partial charge is 0.463 e. The number of rotatable bonds is 6. The van der Waals surface area contributed by atoms with E-state index in [4.69, 9.17) is 19.2 Å². The number of aromatic nitrogens is 1. The molecule has 1 unspecified atom stereocenters. The Morgan fingerprint density at radius 2 is 1.97 bits per heavy atom. The summed E-state index contributed by atoms with van der Waals surface area (Å²) in [5.74, 6) is 0.0517. The first-order valence-electron chi connectivity index (χ1n) is 11.9. The van der Waals surface area contributed by atoms with Crippen molar-refractivity contribution in [2.75, 3.05) is 13.4 Å². The minimum absolute atomic E-state index is 0.0438. The number of fused-ring (bicyclic) bond motifs is 2. The quantitative estimate of drug-likeness (QED) is 0.200. The summed E-state index contributed by atoms with van der Waals surface area (Å²) in [4.78, 5) is 44.4. The van der Waals surface area contributed by atoms with Crippen LogP contribution in [0.4, 0.5) is 5.69 Å². The van der Waals surface area contributed by atoms with E-state index in [0.717, 1.165) is 16.2 Å². The normalized spacial score (nSPS) is 16.1. The van der Waals surface area contributed by atoms with Gasteiger partial charge in [-0.15, -0.1) is 11.3 Å². The molecule has 4 heterocycles. The Hall–Kier alpha value is -4.55.